The first-order chi connectivity index (χ1) is 5.83. The molecule has 2 rings (SSSR count). The Morgan fingerprint density at radius 2 is 1.67 bits per heavy atom. The van der Waals surface area contributed by atoms with E-state index in [0.717, 1.165) is 0 Å². The summed E-state index contributed by atoms with van der Waals surface area (Å²) in [7, 11) is -0.149. The van der Waals surface area contributed by atoms with Crippen LogP contribution in [-0.4, -0.2) is 25.8 Å². The lowest BCUT2D eigenvalue weighted by atomic mass is 9.92. The Morgan fingerprint density at radius 3 is 2.33 bits per heavy atom. The molecule has 2 aliphatic heterocycles. The molecule has 0 amide bonds. The predicted molar refractivity (Wildman–Crippen MR) is 43.0 cm³/mol. The molecule has 2 heterocycles. The van der Waals surface area contributed by atoms with Gasteiger partial charge in [-0.05, 0) is 0 Å². The second kappa shape index (κ2) is 3.52. The van der Waals surface area contributed by atoms with Crippen LogP contribution in [0.3, 0.4) is 0 Å². The second-order valence-corrected chi connectivity index (χ2v) is 4.11. The Kier molecular flexibility index (Phi) is 2.58. The maximum Gasteiger partial charge on any atom is 0.323 e. The van der Waals surface area contributed by atoms with Crippen molar-refractivity contribution in [3.05, 3.63) is 0 Å². The maximum atomic E-state index is 11.3. The molecule has 2 aliphatic rings. The minimum Gasteiger partial charge on any atom is -0.419 e. The lowest BCUT2D eigenvalue weighted by molar-refractivity contribution is -0.158. The van der Waals surface area contributed by atoms with Crippen molar-refractivity contribution in [3.8, 4) is 0 Å². The molecule has 2 saturated heterocycles. The molecule has 0 aromatic carbocycles. The van der Waals surface area contributed by atoms with Gasteiger partial charge in [0.2, 0.25) is 9.03 Å². The highest BCUT2D eigenvalue weighted by molar-refractivity contribution is 7.27. The summed E-state index contributed by atoms with van der Waals surface area (Å²) in [5, 5.41) is 0. The van der Waals surface area contributed by atoms with Gasteiger partial charge in [-0.25, -0.2) is 0 Å². The zero-order valence-electron chi connectivity index (χ0n) is 6.16. The third kappa shape index (κ3) is 1.48. The number of carbonyl (C=O) groups excluding carboxylic acids is 1. The molecule has 0 bridgehead atoms. The molecule has 7 heteroatoms. The summed E-state index contributed by atoms with van der Waals surface area (Å²) in [4.78, 5) is 11.3. The first-order valence-electron chi connectivity index (χ1n) is 3.40. The van der Waals surface area contributed by atoms with E-state index in [1.165, 1.54) is 0 Å². The van der Waals surface area contributed by atoms with Crippen LogP contribution in [0.2, 0.25) is 0 Å². The molecule has 1 spiro atoms. The van der Waals surface area contributed by atoms with Gasteiger partial charge in [0.15, 0.2) is 9.03 Å². The molecule has 0 aliphatic carbocycles. The largest absolute Gasteiger partial charge is 0.419 e. The Labute approximate surface area is 73.0 Å². The molecule has 0 radical (unpaired) electrons. The van der Waals surface area contributed by atoms with Gasteiger partial charge in [0.05, 0.1) is 19.8 Å². The molecular formula is C5H8O5P2. The van der Waals surface area contributed by atoms with E-state index in [1.807, 2.05) is 0 Å². The van der Waals surface area contributed by atoms with Crippen molar-refractivity contribution >= 4 is 24.0 Å². The quantitative estimate of drug-likeness (QED) is 0.548. The molecule has 12 heavy (non-hydrogen) atoms. The van der Waals surface area contributed by atoms with E-state index in [1.54, 1.807) is 0 Å². The Balaban J connectivity index is 2.09. The van der Waals surface area contributed by atoms with Crippen LogP contribution < -0.4 is 0 Å². The molecule has 0 aromatic heterocycles. The van der Waals surface area contributed by atoms with Crippen molar-refractivity contribution in [3.63, 3.8) is 0 Å². The lowest BCUT2D eigenvalue weighted by Gasteiger charge is -2.35. The van der Waals surface area contributed by atoms with Crippen molar-refractivity contribution in [1.29, 1.82) is 0 Å². The Bertz CT molecular complexity index is 182. The van der Waals surface area contributed by atoms with E-state index in [-0.39, 0.29) is 24.0 Å². The highest BCUT2D eigenvalue weighted by Gasteiger charge is 2.46. The van der Waals surface area contributed by atoms with Gasteiger partial charge < -0.3 is 18.1 Å². The summed E-state index contributed by atoms with van der Waals surface area (Å²) in [5.74, 6) is -0.267. The van der Waals surface area contributed by atoms with Crippen molar-refractivity contribution < 1.29 is 22.9 Å². The minimum absolute atomic E-state index is 0.0286. The average molecular weight is 210 g/mol. The smallest absolute Gasteiger partial charge is 0.323 e. The van der Waals surface area contributed by atoms with Gasteiger partial charge in [0, 0.05) is 0 Å². The molecule has 68 valence electrons. The van der Waals surface area contributed by atoms with Crippen molar-refractivity contribution in [2.45, 2.75) is 0 Å². The normalized spacial score (nSPS) is 40.5. The third-order valence-corrected chi connectivity index (χ3v) is 2.84. The lowest BCUT2D eigenvalue weighted by Crippen LogP contribution is -2.46. The van der Waals surface area contributed by atoms with Crippen LogP contribution in [-0.2, 0) is 22.9 Å². The van der Waals surface area contributed by atoms with Crippen LogP contribution in [0.15, 0.2) is 0 Å². The van der Waals surface area contributed by atoms with Crippen molar-refractivity contribution in [2.24, 2.45) is 5.41 Å². The number of carbonyl (C=O) groups is 1. The van der Waals surface area contributed by atoms with E-state index in [9.17, 15) is 4.79 Å². The van der Waals surface area contributed by atoms with Crippen LogP contribution in [0.25, 0.3) is 0 Å². The zero-order valence-corrected chi connectivity index (χ0v) is 8.16. The Hall–Kier alpha value is 0.210. The summed E-state index contributed by atoms with van der Waals surface area (Å²) in [5.41, 5.74) is -0.698. The number of hydrogen-bond acceptors (Lipinski definition) is 5. The van der Waals surface area contributed by atoms with Crippen LogP contribution in [0.1, 0.15) is 0 Å². The first-order valence-corrected chi connectivity index (χ1v) is 5.03. The van der Waals surface area contributed by atoms with Gasteiger partial charge in [-0.15, -0.1) is 0 Å². The molecule has 5 nitrogen and oxygen atoms in total. The van der Waals surface area contributed by atoms with Crippen molar-refractivity contribution in [2.75, 3.05) is 19.8 Å². The molecular weight excluding hydrogens is 202 g/mol. The summed E-state index contributed by atoms with van der Waals surface area (Å²) >= 11 is 0. The molecule has 0 saturated carbocycles. The van der Waals surface area contributed by atoms with E-state index in [0.29, 0.717) is 19.8 Å². The second-order valence-electron chi connectivity index (χ2n) is 2.70. The Morgan fingerprint density at radius 1 is 1.08 bits per heavy atom. The standard InChI is InChI=1S/C5H8O5P2/c6-4-5(3-9-12-10-4)1-7-11-8-2-5/h11-12H,1-3H2. The fraction of sp³-hybridized carbons (Fsp3) is 0.800. The first kappa shape index (κ1) is 8.79. The third-order valence-electron chi connectivity index (χ3n) is 1.79. The van der Waals surface area contributed by atoms with E-state index in [4.69, 9.17) is 18.1 Å². The topological polar surface area (TPSA) is 54.0 Å². The summed E-state index contributed by atoms with van der Waals surface area (Å²) in [6.45, 7) is 1.03. The highest BCUT2D eigenvalue weighted by Crippen LogP contribution is 2.39. The number of hydrogen-bond donors (Lipinski definition) is 0. The number of rotatable bonds is 0. The zero-order chi connectivity index (χ0) is 8.44. The molecule has 0 N–H and O–H groups in total. The predicted octanol–water partition coefficient (Wildman–Crippen LogP) is 0.610. The van der Waals surface area contributed by atoms with Gasteiger partial charge in [0.25, 0.3) is 0 Å². The maximum absolute atomic E-state index is 11.3. The summed E-state index contributed by atoms with van der Waals surface area (Å²) in [6.07, 6.45) is 0. The fourth-order valence-corrected chi connectivity index (χ4v) is 2.46. The van der Waals surface area contributed by atoms with Crippen LogP contribution in [0.4, 0.5) is 0 Å². The monoisotopic (exact) mass is 210 g/mol. The highest BCUT2D eigenvalue weighted by atomic mass is 31.1. The van der Waals surface area contributed by atoms with Gasteiger partial charge in [-0.3, -0.25) is 4.79 Å². The molecule has 0 aromatic rings. The molecule has 1 unspecified atom stereocenters. The molecule has 2 fully saturated rings. The van der Waals surface area contributed by atoms with Crippen LogP contribution >= 0.6 is 18.1 Å². The van der Waals surface area contributed by atoms with Crippen LogP contribution in [0.5, 0.6) is 0 Å². The van der Waals surface area contributed by atoms with E-state index in [2.05, 4.69) is 0 Å². The minimum atomic E-state index is -0.698. The fourth-order valence-electron chi connectivity index (χ4n) is 1.02. The SMILES string of the molecule is O=C1OPOCC12COPOC2. The summed E-state index contributed by atoms with van der Waals surface area (Å²) in [6, 6.07) is 0. The van der Waals surface area contributed by atoms with Gasteiger partial charge >= 0.3 is 5.97 Å². The average Bonchev–Trinajstić information content (AvgIpc) is 2.12. The van der Waals surface area contributed by atoms with Crippen molar-refractivity contribution in [1.82, 2.24) is 0 Å². The summed E-state index contributed by atoms with van der Waals surface area (Å²) < 4.78 is 20.0. The van der Waals surface area contributed by atoms with Gasteiger partial charge in [0.1, 0.15) is 5.41 Å². The van der Waals surface area contributed by atoms with Crippen LogP contribution in [0, 0.1) is 5.41 Å². The molecule has 1 atom stereocenters. The van der Waals surface area contributed by atoms with E-state index < -0.39 is 5.41 Å². The van der Waals surface area contributed by atoms with E-state index >= 15 is 0 Å². The van der Waals surface area contributed by atoms with Gasteiger partial charge in [-0.2, -0.15) is 0 Å². The van der Waals surface area contributed by atoms with Gasteiger partial charge in [-0.1, -0.05) is 0 Å².